The third-order valence-electron chi connectivity index (χ3n) is 2.70. The molecule has 0 fully saturated rings. The molecule has 0 aliphatic rings. The average Bonchev–Trinajstić information content (AvgIpc) is 2.86. The minimum absolute atomic E-state index is 0.0108. The Bertz CT molecular complexity index is 630. The minimum Gasteiger partial charge on any atom is -0.394 e. The van der Waals surface area contributed by atoms with Crippen molar-refractivity contribution >= 4 is 17.5 Å². The van der Waals surface area contributed by atoms with Gasteiger partial charge in [0.15, 0.2) is 0 Å². The van der Waals surface area contributed by atoms with Gasteiger partial charge in [-0.25, -0.2) is 4.39 Å². The summed E-state index contributed by atoms with van der Waals surface area (Å²) in [6, 6.07) is 4.88. The molecule has 1 aromatic carbocycles. The van der Waals surface area contributed by atoms with Crippen molar-refractivity contribution < 1.29 is 18.8 Å². The van der Waals surface area contributed by atoms with Crippen LogP contribution in [0.15, 0.2) is 28.8 Å². The van der Waals surface area contributed by atoms with Gasteiger partial charge in [0, 0.05) is 11.6 Å². The molecule has 2 N–H and O–H groups in total. The number of aliphatic hydroxyl groups excluding tert-OH is 1. The molecule has 2 rings (SSSR count). The number of amides is 1. The first-order valence-corrected chi connectivity index (χ1v) is 6.19. The van der Waals surface area contributed by atoms with Crippen molar-refractivity contribution in [1.82, 2.24) is 10.5 Å². The van der Waals surface area contributed by atoms with Crippen LogP contribution in [0.5, 0.6) is 0 Å². The molecule has 7 heteroatoms. The lowest BCUT2D eigenvalue weighted by molar-refractivity contribution is 0.0878. The van der Waals surface area contributed by atoms with E-state index in [0.29, 0.717) is 5.69 Å². The topological polar surface area (TPSA) is 75.4 Å². The molecular weight excluding hydrogens is 287 g/mol. The number of aromatic nitrogens is 1. The molecule has 0 saturated heterocycles. The number of hydrogen-bond acceptors (Lipinski definition) is 4. The van der Waals surface area contributed by atoms with E-state index >= 15 is 0 Å². The van der Waals surface area contributed by atoms with Gasteiger partial charge in [0.25, 0.3) is 5.91 Å². The number of nitrogens with zero attached hydrogens (tertiary/aromatic N) is 1. The zero-order chi connectivity index (χ0) is 14.7. The smallest absolute Gasteiger partial charge is 0.290 e. The van der Waals surface area contributed by atoms with Crippen LogP contribution in [0.2, 0.25) is 5.02 Å². The number of rotatable bonds is 4. The van der Waals surface area contributed by atoms with Crippen molar-refractivity contribution in [3.05, 3.63) is 52.1 Å². The summed E-state index contributed by atoms with van der Waals surface area (Å²) in [5.74, 6) is -1.28. The maximum Gasteiger partial charge on any atom is 0.290 e. The third kappa shape index (κ3) is 2.97. The van der Waals surface area contributed by atoms with Crippen LogP contribution >= 0.6 is 11.6 Å². The number of hydrogen-bond donors (Lipinski definition) is 2. The van der Waals surface area contributed by atoms with Gasteiger partial charge in [0.1, 0.15) is 5.82 Å². The summed E-state index contributed by atoms with van der Waals surface area (Å²) >= 11 is 5.67. The lowest BCUT2D eigenvalue weighted by Crippen LogP contribution is -2.31. The summed E-state index contributed by atoms with van der Waals surface area (Å²) in [6.45, 7) is 1.19. The first-order valence-electron chi connectivity index (χ1n) is 5.82. The molecule has 5 nitrogen and oxygen atoms in total. The molecule has 1 amide bonds. The number of aryl methyl sites for hydroxylation is 1. The fourth-order valence-corrected chi connectivity index (χ4v) is 1.89. The van der Waals surface area contributed by atoms with Gasteiger partial charge in [-0.05, 0) is 13.0 Å². The molecule has 0 aliphatic carbocycles. The minimum atomic E-state index is -0.924. The molecule has 0 spiro atoms. The summed E-state index contributed by atoms with van der Waals surface area (Å²) in [6.07, 6.45) is 0. The predicted molar refractivity (Wildman–Crippen MR) is 69.9 cm³/mol. The van der Waals surface area contributed by atoms with Gasteiger partial charge in [0.2, 0.25) is 5.76 Å². The van der Waals surface area contributed by atoms with Gasteiger partial charge in [0.05, 0.1) is 23.4 Å². The quantitative estimate of drug-likeness (QED) is 0.907. The SMILES string of the molecule is Cc1cc(C(=O)N[C@@H](CO)c2cccc(Cl)c2F)on1. The zero-order valence-corrected chi connectivity index (χ0v) is 11.3. The van der Waals surface area contributed by atoms with E-state index in [4.69, 9.17) is 16.1 Å². The van der Waals surface area contributed by atoms with Gasteiger partial charge in [-0.3, -0.25) is 4.79 Å². The van der Waals surface area contributed by atoms with E-state index in [9.17, 15) is 14.3 Å². The van der Waals surface area contributed by atoms with Crippen molar-refractivity contribution in [2.75, 3.05) is 6.61 Å². The second-order valence-corrected chi connectivity index (χ2v) is 4.59. The molecule has 0 radical (unpaired) electrons. The largest absolute Gasteiger partial charge is 0.394 e. The standard InChI is InChI=1S/C13H12ClFN2O3/c1-7-5-11(20-17-7)13(19)16-10(6-18)8-3-2-4-9(14)12(8)15/h2-5,10,18H,6H2,1H3,(H,16,19)/t10-/m0/s1. The number of carbonyl (C=O) groups is 1. The number of halogens is 2. The first-order chi connectivity index (χ1) is 9.52. The number of nitrogens with one attached hydrogen (secondary N) is 1. The van der Waals surface area contributed by atoms with Gasteiger partial charge in [-0.1, -0.05) is 28.9 Å². The summed E-state index contributed by atoms with van der Waals surface area (Å²) in [5, 5.41) is 15.3. The fourth-order valence-electron chi connectivity index (χ4n) is 1.71. The molecule has 1 heterocycles. The highest BCUT2D eigenvalue weighted by atomic mass is 35.5. The molecular formula is C13H12ClFN2O3. The number of carbonyl (C=O) groups excluding carboxylic acids is 1. The third-order valence-corrected chi connectivity index (χ3v) is 2.99. The molecule has 0 saturated carbocycles. The molecule has 1 atom stereocenters. The van der Waals surface area contributed by atoms with Gasteiger partial charge >= 0.3 is 0 Å². The lowest BCUT2D eigenvalue weighted by atomic mass is 10.1. The van der Waals surface area contributed by atoms with Crippen molar-refractivity contribution in [3.8, 4) is 0 Å². The van der Waals surface area contributed by atoms with E-state index in [2.05, 4.69) is 10.5 Å². The van der Waals surface area contributed by atoms with E-state index in [-0.39, 0.29) is 16.3 Å². The molecule has 1 aromatic heterocycles. The number of benzene rings is 1. The van der Waals surface area contributed by atoms with Crippen LogP contribution in [-0.4, -0.2) is 22.8 Å². The Morgan fingerprint density at radius 1 is 1.60 bits per heavy atom. The molecule has 106 valence electrons. The molecule has 20 heavy (non-hydrogen) atoms. The van der Waals surface area contributed by atoms with Crippen LogP contribution in [0, 0.1) is 12.7 Å². The normalized spacial score (nSPS) is 12.2. The maximum absolute atomic E-state index is 13.9. The Hall–Kier alpha value is -1.92. The second kappa shape index (κ2) is 6.02. The van der Waals surface area contributed by atoms with Crippen LogP contribution in [0.3, 0.4) is 0 Å². The summed E-state index contributed by atoms with van der Waals surface area (Å²) in [4.78, 5) is 11.9. The molecule has 0 unspecified atom stereocenters. The van der Waals surface area contributed by atoms with Crippen LogP contribution in [0.1, 0.15) is 27.9 Å². The van der Waals surface area contributed by atoms with E-state index in [1.807, 2.05) is 0 Å². The van der Waals surface area contributed by atoms with Crippen molar-refractivity contribution in [1.29, 1.82) is 0 Å². The highest BCUT2D eigenvalue weighted by molar-refractivity contribution is 6.30. The highest BCUT2D eigenvalue weighted by Crippen LogP contribution is 2.23. The lowest BCUT2D eigenvalue weighted by Gasteiger charge is -2.16. The van der Waals surface area contributed by atoms with Crippen LogP contribution in [0.25, 0.3) is 0 Å². The summed E-state index contributed by atoms with van der Waals surface area (Å²) in [5.41, 5.74) is 0.647. The van der Waals surface area contributed by atoms with Crippen LogP contribution in [-0.2, 0) is 0 Å². The van der Waals surface area contributed by atoms with E-state index in [1.165, 1.54) is 24.3 Å². The van der Waals surface area contributed by atoms with Crippen LogP contribution in [0.4, 0.5) is 4.39 Å². The van der Waals surface area contributed by atoms with Crippen molar-refractivity contribution in [2.45, 2.75) is 13.0 Å². The van der Waals surface area contributed by atoms with Crippen molar-refractivity contribution in [3.63, 3.8) is 0 Å². The number of aliphatic hydroxyl groups is 1. The Kier molecular flexibility index (Phi) is 4.36. The Labute approximate surface area is 119 Å². The van der Waals surface area contributed by atoms with Gasteiger partial charge < -0.3 is 14.9 Å². The summed E-state index contributed by atoms with van der Waals surface area (Å²) in [7, 11) is 0. The average molecular weight is 299 g/mol. The zero-order valence-electron chi connectivity index (χ0n) is 10.6. The van der Waals surface area contributed by atoms with Gasteiger partial charge in [-0.2, -0.15) is 0 Å². The van der Waals surface area contributed by atoms with E-state index in [0.717, 1.165) is 0 Å². The van der Waals surface area contributed by atoms with Crippen molar-refractivity contribution in [2.24, 2.45) is 0 Å². The molecule has 0 bridgehead atoms. The fraction of sp³-hybridized carbons (Fsp3) is 0.231. The van der Waals surface area contributed by atoms with E-state index < -0.39 is 24.4 Å². The molecule has 0 aliphatic heterocycles. The highest BCUT2D eigenvalue weighted by Gasteiger charge is 2.21. The Balaban J connectivity index is 2.21. The van der Waals surface area contributed by atoms with E-state index in [1.54, 1.807) is 6.92 Å². The van der Waals surface area contributed by atoms with Gasteiger partial charge in [-0.15, -0.1) is 0 Å². The molecule has 2 aromatic rings. The first kappa shape index (κ1) is 14.5. The Morgan fingerprint density at radius 2 is 2.35 bits per heavy atom. The van der Waals surface area contributed by atoms with Crippen LogP contribution < -0.4 is 5.32 Å². The predicted octanol–water partition coefficient (Wildman–Crippen LogP) is 2.24. The monoisotopic (exact) mass is 298 g/mol. The maximum atomic E-state index is 13.9. The summed E-state index contributed by atoms with van der Waals surface area (Å²) < 4.78 is 18.7. The second-order valence-electron chi connectivity index (χ2n) is 4.18. The Morgan fingerprint density at radius 3 is 2.95 bits per heavy atom.